The molecule has 0 aromatic carbocycles. The molecule has 0 fully saturated rings. The van der Waals surface area contributed by atoms with Gasteiger partial charge in [0.2, 0.25) is 0 Å². The molecule has 0 amide bonds. The van der Waals surface area contributed by atoms with E-state index in [9.17, 15) is 14.4 Å². The molecule has 0 radical (unpaired) electrons. The number of ether oxygens (including phenoxy) is 3. The molecular formula is C77H126O6. The van der Waals surface area contributed by atoms with Crippen LogP contribution in [0.5, 0.6) is 0 Å². The first-order valence-electron chi connectivity index (χ1n) is 34.3. The SMILES string of the molecule is CC/C=C\C/C=C\C/C=C\C/C=C\C/C=C\C/C=C\C/C=C\C/C=C\C/C=C\CCCCCCCC(=O)OCC(COC(=O)CCCCCCC/C=C\C/C=C\C/C=C\CC)OC(=O)CCCCCCCCCCCCCCCCCCC. The number of rotatable bonds is 61. The zero-order chi connectivity index (χ0) is 59.9. The third-order valence-corrected chi connectivity index (χ3v) is 14.3. The van der Waals surface area contributed by atoms with Crippen molar-refractivity contribution in [3.8, 4) is 0 Å². The van der Waals surface area contributed by atoms with Crippen molar-refractivity contribution in [1.82, 2.24) is 0 Å². The second-order valence-electron chi connectivity index (χ2n) is 22.3. The van der Waals surface area contributed by atoms with Gasteiger partial charge in [-0.3, -0.25) is 14.4 Å². The van der Waals surface area contributed by atoms with Gasteiger partial charge in [0.15, 0.2) is 6.10 Å². The molecule has 0 aromatic heterocycles. The van der Waals surface area contributed by atoms with E-state index in [-0.39, 0.29) is 31.1 Å². The minimum absolute atomic E-state index is 0.0950. The molecule has 0 aromatic rings. The van der Waals surface area contributed by atoms with E-state index >= 15 is 0 Å². The molecule has 0 saturated heterocycles. The summed E-state index contributed by atoms with van der Waals surface area (Å²) in [7, 11) is 0. The van der Waals surface area contributed by atoms with E-state index < -0.39 is 6.10 Å². The molecule has 0 aliphatic carbocycles. The smallest absolute Gasteiger partial charge is 0.306 e. The third-order valence-electron chi connectivity index (χ3n) is 14.3. The lowest BCUT2D eigenvalue weighted by atomic mass is 10.0. The van der Waals surface area contributed by atoms with Gasteiger partial charge in [0.1, 0.15) is 13.2 Å². The van der Waals surface area contributed by atoms with E-state index in [2.05, 4.69) is 167 Å². The predicted octanol–water partition coefficient (Wildman–Crippen LogP) is 23.9. The van der Waals surface area contributed by atoms with Crippen LogP contribution < -0.4 is 0 Å². The molecule has 83 heavy (non-hydrogen) atoms. The maximum atomic E-state index is 12.9. The standard InChI is InChI=1S/C77H126O6/c1-4-7-10-13-16-19-22-25-28-30-31-32-33-34-35-36-37-38-39-40-41-42-43-44-45-47-49-52-55-58-61-64-67-70-76(79)82-73-74(72-81-75(78)69-66-63-60-57-54-51-48-27-24-21-18-15-12-9-6-3)83-77(80)71-68-65-62-59-56-53-50-46-29-26-23-20-17-14-11-8-5-2/h7,9-10,12,16,18-19,21,25,27-28,31-32,34-35,37-38,40-41,43-44,47-49,74H,4-6,8,11,13-15,17,20,22-24,26,29-30,33,36,39,42,45-46,50-73H2,1-3H3/b10-7-,12-9-,19-16-,21-18-,28-25-,32-31-,35-34-,38-37-,41-40-,44-43-,48-27-,49-47-. The Hall–Kier alpha value is -4.71. The maximum Gasteiger partial charge on any atom is 0.306 e. The van der Waals surface area contributed by atoms with Crippen molar-refractivity contribution in [3.63, 3.8) is 0 Å². The maximum absolute atomic E-state index is 12.9. The fourth-order valence-corrected chi connectivity index (χ4v) is 9.27. The monoisotopic (exact) mass is 1150 g/mol. The van der Waals surface area contributed by atoms with Gasteiger partial charge in [0.25, 0.3) is 0 Å². The van der Waals surface area contributed by atoms with Gasteiger partial charge in [0, 0.05) is 19.3 Å². The highest BCUT2D eigenvalue weighted by Crippen LogP contribution is 2.16. The quantitative estimate of drug-likeness (QED) is 0.0261. The van der Waals surface area contributed by atoms with Gasteiger partial charge in [0.05, 0.1) is 0 Å². The first-order chi connectivity index (χ1) is 41.0. The Morgan fingerprint density at radius 3 is 0.735 bits per heavy atom. The van der Waals surface area contributed by atoms with Crippen LogP contribution in [0.1, 0.15) is 303 Å². The molecule has 1 atom stereocenters. The zero-order valence-corrected chi connectivity index (χ0v) is 53.9. The van der Waals surface area contributed by atoms with Crippen LogP contribution in [0.15, 0.2) is 146 Å². The summed E-state index contributed by atoms with van der Waals surface area (Å²) < 4.78 is 16.9. The van der Waals surface area contributed by atoms with E-state index in [1.54, 1.807) is 0 Å². The van der Waals surface area contributed by atoms with Gasteiger partial charge in [-0.25, -0.2) is 0 Å². The first-order valence-corrected chi connectivity index (χ1v) is 34.3. The van der Waals surface area contributed by atoms with Crippen molar-refractivity contribution in [2.75, 3.05) is 13.2 Å². The predicted molar refractivity (Wildman–Crippen MR) is 362 cm³/mol. The molecule has 0 aliphatic rings. The zero-order valence-electron chi connectivity index (χ0n) is 53.9. The third kappa shape index (κ3) is 68.0. The summed E-state index contributed by atoms with van der Waals surface area (Å²) in [6.45, 7) is 6.40. The molecule has 0 saturated carbocycles. The van der Waals surface area contributed by atoms with E-state index in [0.717, 1.165) is 173 Å². The van der Waals surface area contributed by atoms with Crippen molar-refractivity contribution in [3.05, 3.63) is 146 Å². The topological polar surface area (TPSA) is 78.9 Å². The van der Waals surface area contributed by atoms with Crippen molar-refractivity contribution < 1.29 is 28.6 Å². The highest BCUT2D eigenvalue weighted by molar-refractivity contribution is 5.71. The van der Waals surface area contributed by atoms with Gasteiger partial charge in [-0.2, -0.15) is 0 Å². The van der Waals surface area contributed by atoms with Gasteiger partial charge >= 0.3 is 17.9 Å². The number of hydrogen-bond acceptors (Lipinski definition) is 6. The van der Waals surface area contributed by atoms with Crippen molar-refractivity contribution >= 4 is 17.9 Å². The summed E-state index contributed by atoms with van der Waals surface area (Å²) in [5.41, 5.74) is 0. The molecule has 0 bridgehead atoms. The highest BCUT2D eigenvalue weighted by Gasteiger charge is 2.19. The molecule has 6 heteroatoms. The Labute approximate surface area is 512 Å². The number of carbonyl (C=O) groups excluding carboxylic acids is 3. The molecule has 0 N–H and O–H groups in total. The molecule has 0 spiro atoms. The number of hydrogen-bond donors (Lipinski definition) is 0. The molecular weight excluding hydrogens is 1020 g/mol. The summed E-state index contributed by atoms with van der Waals surface area (Å²) in [6, 6.07) is 0. The largest absolute Gasteiger partial charge is 0.462 e. The van der Waals surface area contributed by atoms with Crippen LogP contribution in [-0.4, -0.2) is 37.2 Å². The van der Waals surface area contributed by atoms with Crippen molar-refractivity contribution in [2.45, 2.75) is 309 Å². The van der Waals surface area contributed by atoms with Crippen LogP contribution >= 0.6 is 0 Å². The highest BCUT2D eigenvalue weighted by atomic mass is 16.6. The van der Waals surface area contributed by atoms with Crippen molar-refractivity contribution in [1.29, 1.82) is 0 Å². The van der Waals surface area contributed by atoms with Crippen LogP contribution in [0.4, 0.5) is 0 Å². The Kier molecular flexibility index (Phi) is 65.8. The summed E-state index contributed by atoms with van der Waals surface area (Å²) in [6.07, 6.45) is 100. The van der Waals surface area contributed by atoms with Gasteiger partial charge in [-0.15, -0.1) is 0 Å². The Bertz CT molecular complexity index is 1800. The van der Waals surface area contributed by atoms with E-state index in [4.69, 9.17) is 14.2 Å². The Balaban J connectivity index is 4.36. The summed E-state index contributed by atoms with van der Waals surface area (Å²) in [5, 5.41) is 0. The first kappa shape index (κ1) is 78.3. The second-order valence-corrected chi connectivity index (χ2v) is 22.3. The lowest BCUT2D eigenvalue weighted by molar-refractivity contribution is -0.167. The summed E-state index contributed by atoms with van der Waals surface area (Å²) in [5.74, 6) is -0.923. The normalized spacial score (nSPS) is 13.0. The minimum Gasteiger partial charge on any atom is -0.462 e. The average molecular weight is 1150 g/mol. The fourth-order valence-electron chi connectivity index (χ4n) is 9.27. The van der Waals surface area contributed by atoms with Gasteiger partial charge in [-0.1, -0.05) is 308 Å². The van der Waals surface area contributed by atoms with Gasteiger partial charge < -0.3 is 14.2 Å². The molecule has 0 rings (SSSR count). The number of carbonyl (C=O) groups is 3. The van der Waals surface area contributed by atoms with E-state index in [1.807, 2.05) is 0 Å². The summed E-state index contributed by atoms with van der Waals surface area (Å²) in [4.78, 5) is 38.4. The minimum atomic E-state index is -0.798. The van der Waals surface area contributed by atoms with Crippen molar-refractivity contribution in [2.24, 2.45) is 0 Å². The second kappa shape index (κ2) is 69.8. The fraction of sp³-hybridized carbons (Fsp3) is 0.649. The summed E-state index contributed by atoms with van der Waals surface area (Å²) >= 11 is 0. The number of unbranched alkanes of at least 4 members (excludes halogenated alkanes) is 26. The molecule has 0 aliphatic heterocycles. The molecule has 470 valence electrons. The van der Waals surface area contributed by atoms with E-state index in [0.29, 0.717) is 19.3 Å². The van der Waals surface area contributed by atoms with Crippen LogP contribution in [0, 0.1) is 0 Å². The Morgan fingerprint density at radius 2 is 0.470 bits per heavy atom. The van der Waals surface area contributed by atoms with Crippen LogP contribution in [0.2, 0.25) is 0 Å². The number of allylic oxidation sites excluding steroid dienone is 24. The lowest BCUT2D eigenvalue weighted by Gasteiger charge is -2.18. The average Bonchev–Trinajstić information content (AvgIpc) is 3.49. The molecule has 6 nitrogen and oxygen atoms in total. The van der Waals surface area contributed by atoms with Crippen LogP contribution in [-0.2, 0) is 28.6 Å². The van der Waals surface area contributed by atoms with Crippen LogP contribution in [0.3, 0.4) is 0 Å². The number of esters is 3. The van der Waals surface area contributed by atoms with E-state index in [1.165, 1.54) is 89.9 Å². The van der Waals surface area contributed by atoms with Crippen LogP contribution in [0.25, 0.3) is 0 Å². The molecule has 1 unspecified atom stereocenters. The lowest BCUT2D eigenvalue weighted by Crippen LogP contribution is -2.30. The molecule has 0 heterocycles. The Morgan fingerprint density at radius 1 is 0.253 bits per heavy atom. The van der Waals surface area contributed by atoms with Gasteiger partial charge in [-0.05, 0) is 122 Å².